The first-order valence-electron chi connectivity index (χ1n) is 10.5. The van der Waals surface area contributed by atoms with Gasteiger partial charge in [-0.1, -0.05) is 19.9 Å². The zero-order valence-corrected chi connectivity index (χ0v) is 18.1. The molecule has 2 N–H and O–H groups in total. The van der Waals surface area contributed by atoms with Gasteiger partial charge in [-0.15, -0.1) is 0 Å². The van der Waals surface area contributed by atoms with E-state index < -0.39 is 17.2 Å². The molecular weight excluding hydrogens is 384 g/mol. The van der Waals surface area contributed by atoms with E-state index in [0.29, 0.717) is 52.4 Å². The summed E-state index contributed by atoms with van der Waals surface area (Å²) in [7, 11) is 0. The topological polar surface area (TPSA) is 52.1 Å². The quantitative estimate of drug-likeness (QED) is 0.635. The first kappa shape index (κ1) is 20.9. The Morgan fingerprint density at radius 1 is 1.17 bits per heavy atom. The van der Waals surface area contributed by atoms with Crippen LogP contribution in [-0.4, -0.2) is 39.1 Å². The van der Waals surface area contributed by atoms with Crippen LogP contribution in [0, 0.1) is 30.4 Å². The van der Waals surface area contributed by atoms with E-state index in [1.54, 1.807) is 12.3 Å². The molecule has 4 rings (SSSR count). The second-order valence-electron chi connectivity index (χ2n) is 9.04. The zero-order chi connectivity index (χ0) is 21.8. The van der Waals surface area contributed by atoms with E-state index in [-0.39, 0.29) is 11.8 Å². The molecule has 2 aromatic heterocycles. The fourth-order valence-electron chi connectivity index (χ4n) is 5.12. The number of nitrogens with zero attached hydrogens (tertiary/aromatic N) is 2. The van der Waals surface area contributed by atoms with Crippen molar-refractivity contribution in [1.29, 1.82) is 0 Å². The van der Waals surface area contributed by atoms with Crippen LogP contribution in [0.4, 0.5) is 8.78 Å². The molecular formula is C24H29F2N3O. The van der Waals surface area contributed by atoms with Gasteiger partial charge in [0.05, 0.1) is 5.39 Å². The molecule has 1 aromatic carbocycles. The average Bonchev–Trinajstić information content (AvgIpc) is 3.06. The maximum absolute atomic E-state index is 15.6. The number of hydrogen-bond donors (Lipinski definition) is 2. The standard InChI is InChI=1S/C24H29F2N3O/c1-13(2)29-11-15(4)24(30,16(5)12-29)22-14(3)8-17(9-19(22)25)18-6-7-27-23-21(18)20(26)10-28-23/h6-10,13,15-16,30H,11-12H2,1-5H3,(H,27,28)/t15-,16+,24-. The number of aromatic nitrogens is 2. The number of rotatable bonds is 3. The van der Waals surface area contributed by atoms with E-state index in [4.69, 9.17) is 0 Å². The lowest BCUT2D eigenvalue weighted by molar-refractivity contribution is -0.120. The predicted molar refractivity (Wildman–Crippen MR) is 115 cm³/mol. The van der Waals surface area contributed by atoms with Crippen molar-refractivity contribution in [3.8, 4) is 11.1 Å². The van der Waals surface area contributed by atoms with Crippen molar-refractivity contribution >= 4 is 11.0 Å². The first-order valence-corrected chi connectivity index (χ1v) is 10.5. The number of pyridine rings is 1. The molecule has 0 spiro atoms. The average molecular weight is 414 g/mol. The highest BCUT2D eigenvalue weighted by atomic mass is 19.1. The molecule has 1 fully saturated rings. The number of H-pyrrole nitrogens is 1. The van der Waals surface area contributed by atoms with Crippen molar-refractivity contribution in [3.63, 3.8) is 0 Å². The minimum Gasteiger partial charge on any atom is -0.384 e. The Bertz CT molecular complexity index is 1060. The molecule has 3 atom stereocenters. The Morgan fingerprint density at radius 2 is 1.83 bits per heavy atom. The highest BCUT2D eigenvalue weighted by molar-refractivity contribution is 5.93. The molecule has 6 heteroatoms. The number of halogens is 2. The molecule has 4 nitrogen and oxygen atoms in total. The lowest BCUT2D eigenvalue weighted by Gasteiger charge is -2.49. The summed E-state index contributed by atoms with van der Waals surface area (Å²) in [6.07, 6.45) is 2.83. The maximum Gasteiger partial charge on any atom is 0.150 e. The highest BCUT2D eigenvalue weighted by Crippen LogP contribution is 2.45. The van der Waals surface area contributed by atoms with E-state index in [0.717, 1.165) is 0 Å². The Kier molecular flexibility index (Phi) is 5.19. The molecule has 0 amide bonds. The number of benzene rings is 1. The summed E-state index contributed by atoms with van der Waals surface area (Å²) in [5.41, 5.74) is 1.34. The number of aliphatic hydroxyl groups is 1. The zero-order valence-electron chi connectivity index (χ0n) is 18.1. The van der Waals surface area contributed by atoms with Gasteiger partial charge in [0, 0.05) is 48.9 Å². The number of fused-ring (bicyclic) bond motifs is 1. The Morgan fingerprint density at radius 3 is 2.43 bits per heavy atom. The molecule has 0 saturated carbocycles. The van der Waals surface area contributed by atoms with E-state index >= 15 is 4.39 Å². The second-order valence-corrected chi connectivity index (χ2v) is 9.04. The molecule has 0 radical (unpaired) electrons. The molecule has 0 bridgehead atoms. The van der Waals surface area contributed by atoms with Gasteiger partial charge in [-0.25, -0.2) is 13.8 Å². The molecule has 1 saturated heterocycles. The smallest absolute Gasteiger partial charge is 0.150 e. The van der Waals surface area contributed by atoms with Crippen molar-refractivity contribution in [1.82, 2.24) is 14.9 Å². The van der Waals surface area contributed by atoms with Crippen molar-refractivity contribution in [2.45, 2.75) is 46.3 Å². The molecule has 3 heterocycles. The van der Waals surface area contributed by atoms with E-state index in [2.05, 4.69) is 28.7 Å². The van der Waals surface area contributed by atoms with Crippen LogP contribution in [0.25, 0.3) is 22.2 Å². The van der Waals surface area contributed by atoms with Crippen LogP contribution in [0.5, 0.6) is 0 Å². The highest BCUT2D eigenvalue weighted by Gasteiger charge is 2.48. The summed E-state index contributed by atoms with van der Waals surface area (Å²) in [5.74, 6) is -1.13. The SMILES string of the molecule is Cc1cc(-c2ccnc3[nH]cc(F)c23)cc(F)c1[C@@]1(O)[C@H](C)CN(C(C)C)C[C@@H]1C. The van der Waals surface area contributed by atoms with Crippen LogP contribution in [0.15, 0.2) is 30.6 Å². The number of aromatic amines is 1. The van der Waals surface area contributed by atoms with Gasteiger partial charge < -0.3 is 15.0 Å². The summed E-state index contributed by atoms with van der Waals surface area (Å²) in [4.78, 5) is 9.27. The van der Waals surface area contributed by atoms with Gasteiger partial charge in [-0.3, -0.25) is 0 Å². The fourth-order valence-corrected chi connectivity index (χ4v) is 5.12. The van der Waals surface area contributed by atoms with Gasteiger partial charge in [0.15, 0.2) is 5.82 Å². The van der Waals surface area contributed by atoms with E-state index in [1.165, 1.54) is 12.3 Å². The second kappa shape index (κ2) is 7.43. The van der Waals surface area contributed by atoms with Crippen molar-refractivity contribution in [2.24, 2.45) is 11.8 Å². The van der Waals surface area contributed by atoms with Gasteiger partial charge in [0.25, 0.3) is 0 Å². The number of hydrogen-bond acceptors (Lipinski definition) is 3. The summed E-state index contributed by atoms with van der Waals surface area (Å²) >= 11 is 0. The molecule has 0 aliphatic carbocycles. The summed E-state index contributed by atoms with van der Waals surface area (Å²) < 4.78 is 29.9. The molecule has 0 unspecified atom stereocenters. The van der Waals surface area contributed by atoms with Gasteiger partial charge in [-0.05, 0) is 49.6 Å². The lowest BCUT2D eigenvalue weighted by atomic mass is 9.69. The number of nitrogens with one attached hydrogen (secondary N) is 1. The Labute approximate surface area is 175 Å². The third kappa shape index (κ3) is 3.13. The largest absolute Gasteiger partial charge is 0.384 e. The van der Waals surface area contributed by atoms with Crippen LogP contribution in [0.1, 0.15) is 38.8 Å². The Balaban J connectivity index is 1.81. The van der Waals surface area contributed by atoms with Crippen LogP contribution in [-0.2, 0) is 5.60 Å². The van der Waals surface area contributed by atoms with Crippen LogP contribution in [0.2, 0.25) is 0 Å². The summed E-state index contributed by atoms with van der Waals surface area (Å²) in [6, 6.07) is 5.31. The molecule has 1 aliphatic heterocycles. The molecule has 3 aromatic rings. The number of piperidine rings is 1. The fraction of sp³-hybridized carbons (Fsp3) is 0.458. The van der Waals surface area contributed by atoms with Gasteiger partial charge >= 0.3 is 0 Å². The third-order valence-electron chi connectivity index (χ3n) is 6.77. The normalized spacial score (nSPS) is 25.4. The predicted octanol–water partition coefficient (Wildman–Crippen LogP) is 5.00. The molecule has 160 valence electrons. The summed E-state index contributed by atoms with van der Waals surface area (Å²) in [5, 5.41) is 12.1. The van der Waals surface area contributed by atoms with E-state index in [1.807, 2.05) is 26.8 Å². The number of likely N-dealkylation sites (tertiary alicyclic amines) is 1. The van der Waals surface area contributed by atoms with Gasteiger partial charge in [-0.2, -0.15) is 0 Å². The van der Waals surface area contributed by atoms with Gasteiger partial charge in [0.1, 0.15) is 17.1 Å². The monoisotopic (exact) mass is 413 g/mol. The lowest BCUT2D eigenvalue weighted by Crippen LogP contribution is -2.56. The Hall–Kier alpha value is -2.31. The summed E-state index contributed by atoms with van der Waals surface area (Å²) in [6.45, 7) is 11.5. The van der Waals surface area contributed by atoms with E-state index in [9.17, 15) is 9.50 Å². The molecule has 1 aliphatic rings. The van der Waals surface area contributed by atoms with Crippen LogP contribution in [0.3, 0.4) is 0 Å². The minimum absolute atomic E-state index is 0.127. The van der Waals surface area contributed by atoms with Crippen molar-refractivity contribution < 1.29 is 13.9 Å². The van der Waals surface area contributed by atoms with Crippen molar-refractivity contribution in [2.75, 3.05) is 13.1 Å². The third-order valence-corrected chi connectivity index (χ3v) is 6.77. The van der Waals surface area contributed by atoms with Crippen LogP contribution < -0.4 is 0 Å². The van der Waals surface area contributed by atoms with Crippen LogP contribution >= 0.6 is 0 Å². The molecule has 30 heavy (non-hydrogen) atoms. The minimum atomic E-state index is -1.26. The maximum atomic E-state index is 15.6. The first-order chi connectivity index (χ1) is 14.1. The van der Waals surface area contributed by atoms with Crippen molar-refractivity contribution in [3.05, 3.63) is 53.4 Å². The van der Waals surface area contributed by atoms with Gasteiger partial charge in [0.2, 0.25) is 0 Å². The number of aryl methyl sites for hydroxylation is 1.